The summed E-state index contributed by atoms with van der Waals surface area (Å²) >= 11 is 5.70. The van der Waals surface area contributed by atoms with Crippen LogP contribution in [0.4, 0.5) is 18.9 Å². The number of likely N-dealkylation sites (tertiary alicyclic amines) is 1. The smallest absolute Gasteiger partial charge is 0.399 e. The summed E-state index contributed by atoms with van der Waals surface area (Å²) in [5.41, 5.74) is 9.69. The number of halogens is 4. The molecule has 0 spiro atoms. The SMILES string of the molecule is Nc1cccc(-c2ccc(-c3cncn3C3CCN(C(=O)c4ccc(Cl)c(C(F)(F)F)c4)CC3)cc2)c1. The first-order valence-electron chi connectivity index (χ1n) is 11.8. The Morgan fingerprint density at radius 3 is 2.32 bits per heavy atom. The molecule has 190 valence electrons. The summed E-state index contributed by atoms with van der Waals surface area (Å²) in [7, 11) is 0. The van der Waals surface area contributed by atoms with E-state index in [1.807, 2.05) is 54.7 Å². The second-order valence-corrected chi connectivity index (χ2v) is 9.51. The van der Waals surface area contributed by atoms with Crippen molar-refractivity contribution >= 4 is 23.2 Å². The number of nitrogens with zero attached hydrogens (tertiary/aromatic N) is 3. The molecule has 0 saturated carbocycles. The molecule has 1 amide bonds. The summed E-state index contributed by atoms with van der Waals surface area (Å²) in [5, 5.41) is -0.420. The van der Waals surface area contributed by atoms with Crippen LogP contribution >= 0.6 is 11.6 Å². The molecule has 5 rings (SSSR count). The highest BCUT2D eigenvalue weighted by atomic mass is 35.5. The Labute approximate surface area is 217 Å². The van der Waals surface area contributed by atoms with Gasteiger partial charge in [-0.3, -0.25) is 4.79 Å². The maximum Gasteiger partial charge on any atom is 0.417 e. The number of imidazole rings is 1. The molecule has 4 aromatic rings. The van der Waals surface area contributed by atoms with Crippen LogP contribution in [0, 0.1) is 0 Å². The molecule has 1 aliphatic rings. The van der Waals surface area contributed by atoms with E-state index in [-0.39, 0.29) is 11.6 Å². The molecule has 0 aliphatic carbocycles. The fourth-order valence-electron chi connectivity index (χ4n) is 4.78. The molecule has 1 aliphatic heterocycles. The molecule has 0 radical (unpaired) electrons. The van der Waals surface area contributed by atoms with Crippen LogP contribution in [0.3, 0.4) is 0 Å². The summed E-state index contributed by atoms with van der Waals surface area (Å²) in [6.07, 6.45) is 0.314. The Hall–Kier alpha value is -3.78. The van der Waals surface area contributed by atoms with Gasteiger partial charge in [0.05, 0.1) is 28.8 Å². The first kappa shape index (κ1) is 24.9. The van der Waals surface area contributed by atoms with E-state index in [2.05, 4.69) is 9.55 Å². The zero-order chi connectivity index (χ0) is 26.2. The van der Waals surface area contributed by atoms with Crippen molar-refractivity contribution in [3.63, 3.8) is 0 Å². The lowest BCUT2D eigenvalue weighted by molar-refractivity contribution is -0.137. The first-order chi connectivity index (χ1) is 17.7. The van der Waals surface area contributed by atoms with Gasteiger partial charge in [0.15, 0.2) is 0 Å². The predicted octanol–water partition coefficient (Wildman–Crippen LogP) is 6.95. The maximum absolute atomic E-state index is 13.2. The lowest BCUT2D eigenvalue weighted by Gasteiger charge is -2.33. The van der Waals surface area contributed by atoms with Crippen LogP contribution in [0.15, 0.2) is 79.3 Å². The number of hydrogen-bond donors (Lipinski definition) is 1. The number of amides is 1. The molecule has 9 heteroatoms. The van der Waals surface area contributed by atoms with Crippen molar-refractivity contribution in [2.75, 3.05) is 18.8 Å². The zero-order valence-electron chi connectivity index (χ0n) is 19.8. The van der Waals surface area contributed by atoms with E-state index in [9.17, 15) is 18.0 Å². The Kier molecular flexibility index (Phi) is 6.69. The number of rotatable bonds is 4. The monoisotopic (exact) mass is 524 g/mol. The second-order valence-electron chi connectivity index (χ2n) is 9.10. The van der Waals surface area contributed by atoms with Gasteiger partial charge >= 0.3 is 6.18 Å². The van der Waals surface area contributed by atoms with E-state index >= 15 is 0 Å². The molecule has 2 heterocycles. The first-order valence-corrected chi connectivity index (χ1v) is 12.2. The second kappa shape index (κ2) is 9.94. The summed E-state index contributed by atoms with van der Waals surface area (Å²) in [6.45, 7) is 0.860. The van der Waals surface area contributed by atoms with Gasteiger partial charge in [-0.2, -0.15) is 13.2 Å². The van der Waals surface area contributed by atoms with Crippen molar-refractivity contribution in [2.24, 2.45) is 0 Å². The maximum atomic E-state index is 13.2. The summed E-state index contributed by atoms with van der Waals surface area (Å²) in [4.78, 5) is 18.9. The summed E-state index contributed by atoms with van der Waals surface area (Å²) in [5.74, 6) is -0.427. The van der Waals surface area contributed by atoms with Gasteiger partial charge in [-0.1, -0.05) is 48.0 Å². The molecule has 5 nitrogen and oxygen atoms in total. The van der Waals surface area contributed by atoms with Crippen LogP contribution in [-0.4, -0.2) is 33.4 Å². The minimum Gasteiger partial charge on any atom is -0.399 e. The fraction of sp³-hybridized carbons (Fsp3) is 0.214. The third-order valence-electron chi connectivity index (χ3n) is 6.73. The molecular formula is C28H24ClF3N4O. The quantitative estimate of drug-likeness (QED) is 0.294. The lowest BCUT2D eigenvalue weighted by Crippen LogP contribution is -2.39. The van der Waals surface area contributed by atoms with Gasteiger partial charge in [0.2, 0.25) is 0 Å². The van der Waals surface area contributed by atoms with Crippen LogP contribution in [0.25, 0.3) is 22.4 Å². The molecule has 0 unspecified atom stereocenters. The highest BCUT2D eigenvalue weighted by Gasteiger charge is 2.34. The van der Waals surface area contributed by atoms with Gasteiger partial charge in [-0.05, 0) is 59.9 Å². The van der Waals surface area contributed by atoms with E-state index in [1.165, 1.54) is 6.07 Å². The van der Waals surface area contributed by atoms with Gasteiger partial charge < -0.3 is 15.2 Å². The molecule has 2 N–H and O–H groups in total. The van der Waals surface area contributed by atoms with Gasteiger partial charge in [0, 0.05) is 30.4 Å². The van der Waals surface area contributed by atoms with E-state index in [4.69, 9.17) is 17.3 Å². The number of carbonyl (C=O) groups is 1. The number of nitrogens with two attached hydrogens (primary N) is 1. The number of benzene rings is 3. The lowest BCUT2D eigenvalue weighted by atomic mass is 10.0. The number of piperidine rings is 1. The van der Waals surface area contributed by atoms with E-state index in [0.717, 1.165) is 34.5 Å². The third-order valence-corrected chi connectivity index (χ3v) is 7.06. The van der Waals surface area contributed by atoms with Gasteiger partial charge in [0.1, 0.15) is 0 Å². The highest BCUT2D eigenvalue weighted by molar-refractivity contribution is 6.31. The van der Waals surface area contributed by atoms with Crippen LogP contribution in [0.5, 0.6) is 0 Å². The van der Waals surface area contributed by atoms with E-state index < -0.39 is 22.7 Å². The minimum absolute atomic E-state index is 0.0150. The number of alkyl halides is 3. The van der Waals surface area contributed by atoms with Gasteiger partial charge in [-0.25, -0.2) is 4.98 Å². The molecule has 0 atom stereocenters. The molecule has 1 saturated heterocycles. The van der Waals surface area contributed by atoms with Crippen molar-refractivity contribution < 1.29 is 18.0 Å². The number of nitrogen functional groups attached to an aromatic ring is 1. The fourth-order valence-corrected chi connectivity index (χ4v) is 5.00. The molecule has 3 aromatic carbocycles. The summed E-state index contributed by atoms with van der Waals surface area (Å²) < 4.78 is 41.8. The van der Waals surface area contributed by atoms with Crippen molar-refractivity contribution in [1.29, 1.82) is 0 Å². The number of carbonyl (C=O) groups excluding carboxylic acids is 1. The van der Waals surface area contributed by atoms with Gasteiger partial charge in [0.25, 0.3) is 5.91 Å². The third kappa shape index (κ3) is 5.20. The number of aromatic nitrogens is 2. The van der Waals surface area contributed by atoms with Crippen LogP contribution in [-0.2, 0) is 6.18 Å². The zero-order valence-corrected chi connectivity index (χ0v) is 20.5. The predicted molar refractivity (Wildman–Crippen MR) is 138 cm³/mol. The standard InChI is InChI=1S/C28H24ClF3N4O/c29-25-9-8-21(15-24(25)28(30,31)32)27(37)35-12-10-23(11-13-35)36-17-34-16-26(36)19-6-4-18(5-7-19)20-2-1-3-22(33)14-20/h1-9,14-17,23H,10-13,33H2. The Morgan fingerprint density at radius 1 is 0.946 bits per heavy atom. The van der Waals surface area contributed by atoms with Crippen molar-refractivity contribution in [1.82, 2.24) is 14.5 Å². The average Bonchev–Trinajstić information content (AvgIpc) is 3.38. The van der Waals surface area contributed by atoms with Crippen LogP contribution < -0.4 is 5.73 Å². The minimum atomic E-state index is -4.62. The van der Waals surface area contributed by atoms with Crippen molar-refractivity contribution in [2.45, 2.75) is 25.1 Å². The van der Waals surface area contributed by atoms with Crippen molar-refractivity contribution in [3.8, 4) is 22.4 Å². The Balaban J connectivity index is 1.28. The number of hydrogen-bond acceptors (Lipinski definition) is 3. The molecule has 1 aromatic heterocycles. The highest BCUT2D eigenvalue weighted by Crippen LogP contribution is 2.36. The average molecular weight is 525 g/mol. The van der Waals surface area contributed by atoms with Crippen LogP contribution in [0.2, 0.25) is 5.02 Å². The molecule has 37 heavy (non-hydrogen) atoms. The van der Waals surface area contributed by atoms with E-state index in [0.29, 0.717) is 31.6 Å². The molecular weight excluding hydrogens is 501 g/mol. The van der Waals surface area contributed by atoms with Gasteiger partial charge in [-0.15, -0.1) is 0 Å². The largest absolute Gasteiger partial charge is 0.417 e. The molecule has 0 bridgehead atoms. The topological polar surface area (TPSA) is 64.2 Å². The Bertz CT molecular complexity index is 1420. The normalized spacial score (nSPS) is 14.6. The van der Waals surface area contributed by atoms with Crippen LogP contribution in [0.1, 0.15) is 34.8 Å². The summed E-state index contributed by atoms with van der Waals surface area (Å²) in [6, 6.07) is 19.3. The molecule has 1 fully saturated rings. The number of anilines is 1. The van der Waals surface area contributed by atoms with Crippen molar-refractivity contribution in [3.05, 3.63) is 95.4 Å². The van der Waals surface area contributed by atoms with E-state index in [1.54, 1.807) is 11.2 Å². The Morgan fingerprint density at radius 2 is 1.65 bits per heavy atom.